The number of halogens is 3. The summed E-state index contributed by atoms with van der Waals surface area (Å²) in [6.07, 6.45) is -1.92. The molecule has 0 fully saturated rings. The molecule has 0 bridgehead atoms. The van der Waals surface area contributed by atoms with Gasteiger partial charge in [-0.05, 0) is 11.3 Å². The van der Waals surface area contributed by atoms with Crippen LogP contribution in [-0.2, 0) is 9.59 Å². The number of hydrogen-bond acceptors (Lipinski definition) is 4. The van der Waals surface area contributed by atoms with Crippen molar-refractivity contribution in [1.29, 1.82) is 5.26 Å². The lowest BCUT2D eigenvalue weighted by Gasteiger charge is -2.35. The molecule has 0 radical (unpaired) electrons. The van der Waals surface area contributed by atoms with E-state index in [4.69, 9.17) is 20.9 Å². The van der Waals surface area contributed by atoms with E-state index in [0.717, 1.165) is 0 Å². The molecular weight excluding hydrogens is 339 g/mol. The zero-order valence-corrected chi connectivity index (χ0v) is 15.3. The number of alkyl halides is 3. The first-order chi connectivity index (χ1) is 11.1. The van der Waals surface area contributed by atoms with Crippen LogP contribution in [0.5, 0.6) is 0 Å². The van der Waals surface area contributed by atoms with Crippen LogP contribution in [0.1, 0.15) is 34.6 Å². The number of likely N-dealkylation sites (N-methyl/N-ethyl adjacent to an activating group) is 1. The number of allylic oxidation sites excluding steroid dienone is 1. The number of carbonyl (C=O) groups excluding carboxylic acids is 1. The third-order valence-electron chi connectivity index (χ3n) is 3.29. The van der Waals surface area contributed by atoms with Gasteiger partial charge in [-0.3, -0.25) is 4.79 Å². The summed E-state index contributed by atoms with van der Waals surface area (Å²) in [5, 5.41) is 15.7. The molecule has 6 nitrogen and oxygen atoms in total. The van der Waals surface area contributed by atoms with Crippen molar-refractivity contribution in [3.8, 4) is 6.07 Å². The average Bonchev–Trinajstić information content (AvgIpc) is 2.44. The van der Waals surface area contributed by atoms with Crippen LogP contribution >= 0.6 is 0 Å². The summed E-state index contributed by atoms with van der Waals surface area (Å²) in [7, 11) is 1.74. The van der Waals surface area contributed by atoms with Crippen LogP contribution in [0.4, 0.5) is 13.2 Å². The zero-order chi connectivity index (χ0) is 20.6. The Bertz CT molecular complexity index is 517. The van der Waals surface area contributed by atoms with Gasteiger partial charge in [0.1, 0.15) is 0 Å². The summed E-state index contributed by atoms with van der Waals surface area (Å²) < 4.78 is 31.7. The number of carboxylic acids is 1. The van der Waals surface area contributed by atoms with Gasteiger partial charge >= 0.3 is 12.1 Å². The van der Waals surface area contributed by atoms with Crippen LogP contribution in [0.2, 0.25) is 0 Å². The molecule has 0 saturated heterocycles. The molecule has 1 amide bonds. The zero-order valence-electron chi connectivity index (χ0n) is 15.3. The maximum atomic E-state index is 12.3. The van der Waals surface area contributed by atoms with Crippen LogP contribution in [0.15, 0.2) is 12.2 Å². The number of carboxylic acid groups (broad SMARTS) is 1. The lowest BCUT2D eigenvalue weighted by atomic mass is 9.86. The molecule has 0 heterocycles. The van der Waals surface area contributed by atoms with Gasteiger partial charge in [-0.15, -0.1) is 0 Å². The van der Waals surface area contributed by atoms with E-state index in [1.807, 2.05) is 40.7 Å². The Hall–Kier alpha value is -2.08. The monoisotopic (exact) mass is 365 g/mol. The SMILES string of the molecule is CC(C)[C@@H](/C=C/C#N)N(C)C(=O)[C@@H](N)C(C)(C)C.O=C(O)C(F)(F)F. The number of rotatable bonds is 4. The molecule has 9 heteroatoms. The molecule has 3 N–H and O–H groups in total. The normalized spacial score (nSPS) is 14.3. The first-order valence-corrected chi connectivity index (χ1v) is 7.46. The minimum Gasteiger partial charge on any atom is -0.475 e. The van der Waals surface area contributed by atoms with Crippen molar-refractivity contribution >= 4 is 11.9 Å². The molecule has 0 aromatic heterocycles. The van der Waals surface area contributed by atoms with E-state index in [-0.39, 0.29) is 23.3 Å². The Morgan fingerprint density at radius 3 is 1.88 bits per heavy atom. The van der Waals surface area contributed by atoms with Gasteiger partial charge in [-0.1, -0.05) is 40.7 Å². The number of amides is 1. The lowest BCUT2D eigenvalue weighted by Crippen LogP contribution is -2.52. The van der Waals surface area contributed by atoms with Gasteiger partial charge in [-0.2, -0.15) is 18.4 Å². The van der Waals surface area contributed by atoms with Crippen molar-refractivity contribution in [2.75, 3.05) is 7.05 Å². The fourth-order valence-electron chi connectivity index (χ4n) is 1.68. The van der Waals surface area contributed by atoms with E-state index in [9.17, 15) is 18.0 Å². The maximum absolute atomic E-state index is 12.3. The second kappa shape index (κ2) is 10.0. The number of aliphatic carboxylic acids is 1. The quantitative estimate of drug-likeness (QED) is 0.745. The highest BCUT2D eigenvalue weighted by molar-refractivity contribution is 5.82. The first-order valence-electron chi connectivity index (χ1n) is 7.46. The molecule has 0 aliphatic rings. The second-order valence-electron chi connectivity index (χ2n) is 6.82. The number of carbonyl (C=O) groups is 2. The standard InChI is InChI=1S/C14H25N3O.C2HF3O2/c1-10(2)11(8-7-9-15)17(6)13(18)12(16)14(3,4)5;3-2(4,5)1(6)7/h7-8,10-12H,16H2,1-6H3;(H,6,7)/b8-7+;/t11-,12-;/m1./s1. The van der Waals surface area contributed by atoms with Crippen LogP contribution in [0.25, 0.3) is 0 Å². The molecule has 0 spiro atoms. The van der Waals surface area contributed by atoms with E-state index >= 15 is 0 Å². The highest BCUT2D eigenvalue weighted by atomic mass is 19.4. The molecule has 144 valence electrons. The van der Waals surface area contributed by atoms with Gasteiger partial charge < -0.3 is 15.7 Å². The Morgan fingerprint density at radius 2 is 1.64 bits per heavy atom. The molecule has 0 aliphatic carbocycles. The van der Waals surface area contributed by atoms with Crippen LogP contribution < -0.4 is 5.73 Å². The van der Waals surface area contributed by atoms with Crippen molar-refractivity contribution in [2.24, 2.45) is 17.1 Å². The van der Waals surface area contributed by atoms with Crippen LogP contribution in [-0.4, -0.2) is 47.2 Å². The van der Waals surface area contributed by atoms with Crippen LogP contribution in [0, 0.1) is 22.7 Å². The topological polar surface area (TPSA) is 107 Å². The summed E-state index contributed by atoms with van der Waals surface area (Å²) in [6.45, 7) is 9.86. The summed E-state index contributed by atoms with van der Waals surface area (Å²) in [4.78, 5) is 22.8. The summed E-state index contributed by atoms with van der Waals surface area (Å²) in [6, 6.07) is 1.31. The van der Waals surface area contributed by atoms with Gasteiger partial charge in [-0.25, -0.2) is 4.79 Å². The van der Waals surface area contributed by atoms with E-state index in [1.165, 1.54) is 6.08 Å². The fraction of sp³-hybridized carbons (Fsp3) is 0.688. The number of hydrogen-bond donors (Lipinski definition) is 2. The molecular formula is C16H26F3N3O3. The fourth-order valence-corrected chi connectivity index (χ4v) is 1.68. The van der Waals surface area contributed by atoms with E-state index < -0.39 is 18.2 Å². The van der Waals surface area contributed by atoms with Crippen molar-refractivity contribution in [1.82, 2.24) is 4.90 Å². The Balaban J connectivity index is 0. The number of nitrogens with zero attached hydrogens (tertiary/aromatic N) is 2. The highest BCUT2D eigenvalue weighted by Crippen LogP contribution is 2.21. The third kappa shape index (κ3) is 9.72. The van der Waals surface area contributed by atoms with Gasteiger partial charge in [0.25, 0.3) is 0 Å². The smallest absolute Gasteiger partial charge is 0.475 e. The van der Waals surface area contributed by atoms with Crippen molar-refractivity contribution in [2.45, 2.75) is 52.9 Å². The molecule has 0 aliphatic heterocycles. The molecule has 0 rings (SSSR count). The van der Waals surface area contributed by atoms with E-state index in [1.54, 1.807) is 18.0 Å². The Kier molecular flexibility index (Phi) is 10.1. The van der Waals surface area contributed by atoms with Crippen molar-refractivity contribution < 1.29 is 27.9 Å². The van der Waals surface area contributed by atoms with Gasteiger partial charge in [0.15, 0.2) is 0 Å². The molecule has 0 saturated carbocycles. The van der Waals surface area contributed by atoms with Crippen LogP contribution in [0.3, 0.4) is 0 Å². The van der Waals surface area contributed by atoms with E-state index in [2.05, 4.69) is 0 Å². The number of nitrogens with two attached hydrogens (primary N) is 1. The third-order valence-corrected chi connectivity index (χ3v) is 3.29. The predicted molar refractivity (Wildman–Crippen MR) is 87.3 cm³/mol. The second-order valence-corrected chi connectivity index (χ2v) is 6.82. The molecule has 2 atom stereocenters. The predicted octanol–water partition coefficient (Wildman–Crippen LogP) is 2.56. The van der Waals surface area contributed by atoms with Crippen molar-refractivity contribution in [3.63, 3.8) is 0 Å². The average molecular weight is 365 g/mol. The highest BCUT2D eigenvalue weighted by Gasteiger charge is 2.38. The summed E-state index contributed by atoms with van der Waals surface area (Å²) in [5.74, 6) is -2.62. The lowest BCUT2D eigenvalue weighted by molar-refractivity contribution is -0.192. The number of nitriles is 1. The molecule has 0 aromatic carbocycles. The van der Waals surface area contributed by atoms with E-state index in [0.29, 0.717) is 0 Å². The van der Waals surface area contributed by atoms with Gasteiger partial charge in [0.2, 0.25) is 5.91 Å². The largest absolute Gasteiger partial charge is 0.490 e. The minimum atomic E-state index is -5.08. The maximum Gasteiger partial charge on any atom is 0.490 e. The Labute approximate surface area is 146 Å². The molecule has 0 unspecified atom stereocenters. The van der Waals surface area contributed by atoms with Crippen molar-refractivity contribution in [3.05, 3.63) is 12.2 Å². The molecule has 25 heavy (non-hydrogen) atoms. The summed E-state index contributed by atoms with van der Waals surface area (Å²) >= 11 is 0. The summed E-state index contributed by atoms with van der Waals surface area (Å²) in [5.41, 5.74) is 5.71. The molecule has 0 aromatic rings. The first kappa shape index (κ1) is 25.2. The minimum absolute atomic E-state index is 0.0937. The van der Waals surface area contributed by atoms with Gasteiger partial charge in [0, 0.05) is 13.1 Å². The Morgan fingerprint density at radius 1 is 1.24 bits per heavy atom. The van der Waals surface area contributed by atoms with Gasteiger partial charge in [0.05, 0.1) is 18.2 Å².